The molecule has 1 aromatic carbocycles. The molecule has 0 unspecified atom stereocenters. The monoisotopic (exact) mass is 429 g/mol. The van der Waals surface area contributed by atoms with Gasteiger partial charge < -0.3 is 30.2 Å². The van der Waals surface area contributed by atoms with Crippen LogP contribution in [0.4, 0.5) is 0 Å². The van der Waals surface area contributed by atoms with Crippen molar-refractivity contribution in [2.24, 2.45) is 11.8 Å². The molecule has 31 heavy (non-hydrogen) atoms. The van der Waals surface area contributed by atoms with E-state index in [-0.39, 0.29) is 24.8 Å². The highest BCUT2D eigenvalue weighted by molar-refractivity contribution is 5.76. The van der Waals surface area contributed by atoms with Gasteiger partial charge in [-0.05, 0) is 88.5 Å². The first-order valence-electron chi connectivity index (χ1n) is 12.0. The Bertz CT molecular complexity index is 765. The second kappa shape index (κ2) is 9.65. The van der Waals surface area contributed by atoms with E-state index < -0.39 is 0 Å². The third-order valence-corrected chi connectivity index (χ3v) is 7.32. The molecule has 3 atom stereocenters. The maximum Gasteiger partial charge on any atom is 0.231 e. The molecule has 5 rings (SSSR count). The molecule has 0 spiro atoms. The summed E-state index contributed by atoms with van der Waals surface area (Å²) in [5.41, 5.74) is 0. The van der Waals surface area contributed by atoms with Crippen molar-refractivity contribution in [1.82, 2.24) is 16.0 Å². The number of amides is 1. The van der Waals surface area contributed by atoms with Crippen molar-refractivity contribution in [3.8, 4) is 17.2 Å². The average molecular weight is 430 g/mol. The molecule has 0 radical (unpaired) electrons. The van der Waals surface area contributed by atoms with Crippen LogP contribution in [0.25, 0.3) is 0 Å². The van der Waals surface area contributed by atoms with Gasteiger partial charge in [-0.25, -0.2) is 0 Å². The summed E-state index contributed by atoms with van der Waals surface area (Å²) in [5, 5.41) is 10.5. The smallest absolute Gasteiger partial charge is 0.231 e. The van der Waals surface area contributed by atoms with E-state index in [4.69, 9.17) is 14.2 Å². The average Bonchev–Trinajstić information content (AvgIpc) is 3.25. The van der Waals surface area contributed by atoms with E-state index in [1.165, 1.54) is 6.42 Å². The molecule has 3 fully saturated rings. The maximum atomic E-state index is 12.4. The number of rotatable bonds is 7. The van der Waals surface area contributed by atoms with Crippen molar-refractivity contribution >= 4 is 5.91 Å². The Hall–Kier alpha value is -1.99. The number of hydrogen-bond acceptors (Lipinski definition) is 6. The van der Waals surface area contributed by atoms with Gasteiger partial charge in [0.15, 0.2) is 11.5 Å². The molecule has 3 N–H and O–H groups in total. The minimum absolute atomic E-state index is 0.193. The van der Waals surface area contributed by atoms with Crippen molar-refractivity contribution in [3.05, 3.63) is 18.2 Å². The Morgan fingerprint density at radius 2 is 1.97 bits per heavy atom. The van der Waals surface area contributed by atoms with Gasteiger partial charge >= 0.3 is 0 Å². The third-order valence-electron chi connectivity index (χ3n) is 7.32. The Morgan fingerprint density at radius 3 is 2.87 bits per heavy atom. The standard InChI is InChI=1S/C24H35N3O4/c28-24(3-1-2-21-17-10-16(13-26-21)12-25-14-17)27-18-4-6-19(7-5-18)31-20-8-9-22-23(11-20)30-15-29-22/h8-9,11,16-19,21,25-26H,1-7,10,12-15H2,(H,27,28)/t16-,17+,18?,19?,21-/m0/s1. The van der Waals surface area contributed by atoms with E-state index >= 15 is 0 Å². The minimum atomic E-state index is 0.193. The van der Waals surface area contributed by atoms with E-state index in [2.05, 4.69) is 16.0 Å². The van der Waals surface area contributed by atoms with Crippen LogP contribution in [-0.2, 0) is 4.79 Å². The summed E-state index contributed by atoms with van der Waals surface area (Å²) in [6.07, 6.45) is 8.10. The van der Waals surface area contributed by atoms with E-state index in [0.29, 0.717) is 12.5 Å². The molecule has 170 valence electrons. The number of ether oxygens (including phenoxy) is 3. The zero-order valence-corrected chi connectivity index (χ0v) is 18.2. The van der Waals surface area contributed by atoms with Crippen LogP contribution >= 0.6 is 0 Å². The highest BCUT2D eigenvalue weighted by Crippen LogP contribution is 2.36. The first-order valence-corrected chi connectivity index (χ1v) is 12.0. The number of carbonyl (C=O) groups is 1. The van der Waals surface area contributed by atoms with Gasteiger partial charge in [0, 0.05) is 24.6 Å². The molecule has 3 heterocycles. The fourth-order valence-corrected chi connectivity index (χ4v) is 5.60. The molecule has 7 nitrogen and oxygen atoms in total. The van der Waals surface area contributed by atoms with Crippen LogP contribution in [0.5, 0.6) is 17.2 Å². The Balaban J connectivity index is 0.987. The molecule has 1 amide bonds. The summed E-state index contributed by atoms with van der Waals surface area (Å²) in [4.78, 5) is 12.4. The van der Waals surface area contributed by atoms with Crippen LogP contribution < -0.4 is 30.2 Å². The van der Waals surface area contributed by atoms with E-state index in [0.717, 1.165) is 87.2 Å². The molecule has 3 aliphatic heterocycles. The van der Waals surface area contributed by atoms with Crippen molar-refractivity contribution in [2.75, 3.05) is 26.4 Å². The van der Waals surface area contributed by atoms with E-state index in [1.807, 2.05) is 18.2 Å². The fourth-order valence-electron chi connectivity index (χ4n) is 5.60. The first kappa shape index (κ1) is 20.9. The lowest BCUT2D eigenvalue weighted by Gasteiger charge is -2.41. The van der Waals surface area contributed by atoms with Crippen LogP contribution in [0.1, 0.15) is 51.4 Å². The fraction of sp³-hybridized carbons (Fsp3) is 0.708. The Kier molecular flexibility index (Phi) is 6.50. The lowest BCUT2D eigenvalue weighted by Crippen LogP contribution is -2.54. The van der Waals surface area contributed by atoms with Gasteiger partial charge in [0.25, 0.3) is 0 Å². The minimum Gasteiger partial charge on any atom is -0.490 e. The largest absolute Gasteiger partial charge is 0.490 e. The number of carbonyl (C=O) groups excluding carboxylic acids is 1. The molecular weight excluding hydrogens is 394 g/mol. The van der Waals surface area contributed by atoms with Gasteiger partial charge in [-0.3, -0.25) is 4.79 Å². The molecule has 7 heteroatoms. The van der Waals surface area contributed by atoms with Crippen molar-refractivity contribution in [2.45, 2.75) is 69.6 Å². The molecule has 0 aromatic heterocycles. The molecule has 1 aliphatic carbocycles. The van der Waals surface area contributed by atoms with Gasteiger partial charge in [0.2, 0.25) is 12.7 Å². The summed E-state index contributed by atoms with van der Waals surface area (Å²) >= 11 is 0. The zero-order valence-electron chi connectivity index (χ0n) is 18.2. The first-order chi connectivity index (χ1) is 15.2. The van der Waals surface area contributed by atoms with E-state index in [9.17, 15) is 4.79 Å². The molecule has 2 saturated heterocycles. The predicted octanol–water partition coefficient (Wildman–Crippen LogP) is 2.59. The topological polar surface area (TPSA) is 80.9 Å². The SMILES string of the molecule is O=C(CCC[C@@H]1NC[C@@H]2CNC[C@H]1C2)NC1CCC(Oc2ccc3c(c2)OCO3)CC1. The van der Waals surface area contributed by atoms with Crippen molar-refractivity contribution in [1.29, 1.82) is 0 Å². The summed E-state index contributed by atoms with van der Waals surface area (Å²) in [6, 6.07) is 6.59. The molecule has 1 aromatic rings. The van der Waals surface area contributed by atoms with Gasteiger partial charge in [-0.15, -0.1) is 0 Å². The number of hydrogen-bond donors (Lipinski definition) is 3. The number of piperidine rings is 2. The second-order valence-corrected chi connectivity index (χ2v) is 9.60. The van der Waals surface area contributed by atoms with E-state index in [1.54, 1.807) is 0 Å². The molecular formula is C24H35N3O4. The van der Waals surface area contributed by atoms with Gasteiger partial charge in [0.05, 0.1) is 6.10 Å². The second-order valence-electron chi connectivity index (χ2n) is 9.60. The van der Waals surface area contributed by atoms with Crippen LogP contribution in [-0.4, -0.2) is 50.5 Å². The quantitative estimate of drug-likeness (QED) is 0.618. The molecule has 1 saturated carbocycles. The summed E-state index contributed by atoms with van der Waals surface area (Å²) in [7, 11) is 0. The summed E-state index contributed by atoms with van der Waals surface area (Å²) in [5.74, 6) is 4.08. The Morgan fingerprint density at radius 1 is 1.10 bits per heavy atom. The number of benzene rings is 1. The van der Waals surface area contributed by atoms with Crippen LogP contribution in [0.3, 0.4) is 0 Å². The normalized spacial score (nSPS) is 31.8. The van der Waals surface area contributed by atoms with Gasteiger partial charge in [-0.2, -0.15) is 0 Å². The maximum absolute atomic E-state index is 12.4. The highest BCUT2D eigenvalue weighted by atomic mass is 16.7. The number of fused-ring (bicyclic) bond motifs is 3. The molecule has 4 aliphatic rings. The summed E-state index contributed by atoms with van der Waals surface area (Å²) < 4.78 is 16.9. The van der Waals surface area contributed by atoms with Gasteiger partial charge in [0.1, 0.15) is 5.75 Å². The number of nitrogens with one attached hydrogen (secondary N) is 3. The van der Waals surface area contributed by atoms with Crippen LogP contribution in [0.2, 0.25) is 0 Å². The van der Waals surface area contributed by atoms with Gasteiger partial charge in [-0.1, -0.05) is 0 Å². The lowest BCUT2D eigenvalue weighted by atomic mass is 9.80. The zero-order chi connectivity index (χ0) is 21.0. The van der Waals surface area contributed by atoms with Crippen molar-refractivity contribution < 1.29 is 19.0 Å². The predicted molar refractivity (Wildman–Crippen MR) is 117 cm³/mol. The summed E-state index contributed by atoms with van der Waals surface area (Å²) in [6.45, 7) is 3.68. The third kappa shape index (κ3) is 5.26. The Labute approximate surface area is 184 Å². The highest BCUT2D eigenvalue weighted by Gasteiger charge is 2.32. The lowest BCUT2D eigenvalue weighted by molar-refractivity contribution is -0.122. The van der Waals surface area contributed by atoms with Crippen molar-refractivity contribution in [3.63, 3.8) is 0 Å². The molecule has 2 bridgehead atoms. The van der Waals surface area contributed by atoms with Crippen LogP contribution in [0.15, 0.2) is 18.2 Å². The van der Waals surface area contributed by atoms with Crippen LogP contribution in [0, 0.1) is 11.8 Å².